The van der Waals surface area contributed by atoms with Crippen LogP contribution in [0.3, 0.4) is 0 Å². The smallest absolute Gasteiger partial charge is 0.0404 e. The van der Waals surface area contributed by atoms with Gasteiger partial charge in [0.1, 0.15) is 0 Å². The van der Waals surface area contributed by atoms with E-state index in [4.69, 9.17) is 5.21 Å². The van der Waals surface area contributed by atoms with Crippen molar-refractivity contribution in [2.45, 2.75) is 14.4 Å². The highest BCUT2D eigenvalue weighted by molar-refractivity contribution is 5.51. The van der Waals surface area contributed by atoms with Gasteiger partial charge < -0.3 is 5.21 Å². The molecule has 0 saturated carbocycles. The summed E-state index contributed by atoms with van der Waals surface area (Å²) in [5.41, 5.74) is 0. The molecule has 32 valence electrons. The summed E-state index contributed by atoms with van der Waals surface area (Å²) in [5, 5.41) is 10.1. The topological polar surface area (TPSA) is 32.6 Å². The minimum atomic E-state index is 0. The summed E-state index contributed by atoms with van der Waals surface area (Å²) in [6.07, 6.45) is 1.31. The summed E-state index contributed by atoms with van der Waals surface area (Å²) in [5.74, 6) is 0. The quantitative estimate of drug-likeness (QED) is 0.261. The highest BCUT2D eigenvalue weighted by atomic mass is 16.4. The van der Waals surface area contributed by atoms with E-state index in [2.05, 4.69) is 5.16 Å². The minimum absolute atomic E-state index is 0. The molecule has 2 nitrogen and oxygen atoms in total. The lowest BCUT2D eigenvalue weighted by Crippen LogP contribution is -1.49. The van der Waals surface area contributed by atoms with Gasteiger partial charge in [-0.15, -0.1) is 5.16 Å². The van der Waals surface area contributed by atoms with Crippen molar-refractivity contribution in [1.82, 2.24) is 0 Å². The molecule has 0 spiro atoms. The highest BCUT2D eigenvalue weighted by Gasteiger charge is 1.34. The molecule has 1 N–H and O–H groups in total. The molecule has 0 saturated heterocycles. The van der Waals surface area contributed by atoms with Gasteiger partial charge in [-0.2, -0.15) is 0 Å². The summed E-state index contributed by atoms with van der Waals surface area (Å²) in [6.45, 7) is 1.64. The molecule has 0 aromatic carbocycles. The summed E-state index contributed by atoms with van der Waals surface area (Å²) in [7, 11) is 0. The van der Waals surface area contributed by atoms with Crippen LogP contribution >= 0.6 is 0 Å². The van der Waals surface area contributed by atoms with Gasteiger partial charge in [0.15, 0.2) is 0 Å². The summed E-state index contributed by atoms with van der Waals surface area (Å²) in [6, 6.07) is 0. The van der Waals surface area contributed by atoms with E-state index in [0.717, 1.165) is 0 Å². The first-order valence-electron chi connectivity index (χ1n) is 1.04. The Balaban J connectivity index is 0. The second kappa shape index (κ2) is 9.80. The van der Waals surface area contributed by atoms with Gasteiger partial charge in [-0.1, -0.05) is 7.43 Å². The van der Waals surface area contributed by atoms with Gasteiger partial charge in [0.25, 0.3) is 0 Å². The summed E-state index contributed by atoms with van der Waals surface area (Å²) < 4.78 is 0. The van der Waals surface area contributed by atoms with Gasteiger partial charge in [-0.25, -0.2) is 0 Å². The number of rotatable bonds is 0. The predicted octanol–water partition coefficient (Wildman–Crippen LogP) is 1.10. The van der Waals surface area contributed by atoms with Crippen molar-refractivity contribution in [3.63, 3.8) is 0 Å². The number of oxime groups is 1. The molecule has 5 heavy (non-hydrogen) atoms. The molecular formula is C3H9NO. The summed E-state index contributed by atoms with van der Waals surface area (Å²) in [4.78, 5) is 0. The number of nitrogens with zero attached hydrogens (tertiary/aromatic N) is 1. The predicted molar refractivity (Wildman–Crippen MR) is 22.7 cm³/mol. The lowest BCUT2D eigenvalue weighted by atomic mass is 10.9. The first kappa shape index (κ1) is 8.82. The van der Waals surface area contributed by atoms with Crippen LogP contribution < -0.4 is 0 Å². The van der Waals surface area contributed by atoms with E-state index in [9.17, 15) is 0 Å². The fourth-order valence-electron chi connectivity index (χ4n) is 0. The van der Waals surface area contributed by atoms with E-state index < -0.39 is 0 Å². The lowest BCUT2D eigenvalue weighted by Gasteiger charge is -1.54. The van der Waals surface area contributed by atoms with Crippen LogP contribution in [0.25, 0.3) is 0 Å². The molecule has 0 aliphatic carbocycles. The standard InChI is InChI=1S/C2H5NO.CH4/c1-2-3-4;/h2,4H,1H3;1H4. The average Bonchev–Trinajstić information content (AvgIpc) is 1.37. The molecule has 0 rings (SSSR count). The largest absolute Gasteiger partial charge is 0.411 e. The zero-order valence-corrected chi connectivity index (χ0v) is 2.47. The van der Waals surface area contributed by atoms with Crippen molar-refractivity contribution < 1.29 is 5.21 Å². The molecule has 0 aliphatic heterocycles. The third-order valence-corrected chi connectivity index (χ3v) is 0.115. The second-order valence-corrected chi connectivity index (χ2v) is 0.374. The average molecular weight is 75.1 g/mol. The fourth-order valence-corrected chi connectivity index (χ4v) is 0. The molecule has 0 radical (unpaired) electrons. The molecule has 0 bridgehead atoms. The van der Waals surface area contributed by atoms with Crippen molar-refractivity contribution in [3.05, 3.63) is 0 Å². The van der Waals surface area contributed by atoms with E-state index in [1.165, 1.54) is 6.21 Å². The minimum Gasteiger partial charge on any atom is -0.411 e. The molecule has 0 atom stereocenters. The maximum atomic E-state index is 7.44. The normalized spacial score (nSPS) is 7.40. The van der Waals surface area contributed by atoms with Crippen molar-refractivity contribution in [2.75, 3.05) is 0 Å². The number of hydrogen-bond acceptors (Lipinski definition) is 2. The van der Waals surface area contributed by atoms with Gasteiger partial charge >= 0.3 is 0 Å². The van der Waals surface area contributed by atoms with Crippen molar-refractivity contribution >= 4 is 6.21 Å². The summed E-state index contributed by atoms with van der Waals surface area (Å²) >= 11 is 0. The first-order chi connectivity index (χ1) is 1.91. The molecular weight excluding hydrogens is 66.0 g/mol. The Bertz CT molecular complexity index is 22.1. The van der Waals surface area contributed by atoms with E-state index in [1.54, 1.807) is 6.92 Å². The Hall–Kier alpha value is -0.530. The molecule has 0 amide bonds. The van der Waals surface area contributed by atoms with Gasteiger partial charge in [0.2, 0.25) is 0 Å². The van der Waals surface area contributed by atoms with Crippen LogP contribution in [-0.4, -0.2) is 11.4 Å². The Kier molecular flexibility index (Phi) is 17.3. The molecule has 0 aromatic rings. The Morgan fingerprint density at radius 1 is 1.80 bits per heavy atom. The second-order valence-electron chi connectivity index (χ2n) is 0.374. The van der Waals surface area contributed by atoms with E-state index >= 15 is 0 Å². The molecule has 0 fully saturated rings. The van der Waals surface area contributed by atoms with E-state index in [0.29, 0.717) is 0 Å². The van der Waals surface area contributed by atoms with Gasteiger partial charge in [0, 0.05) is 6.21 Å². The van der Waals surface area contributed by atoms with Crippen LogP contribution in [0.5, 0.6) is 0 Å². The Morgan fingerprint density at radius 2 is 2.00 bits per heavy atom. The fraction of sp³-hybridized carbons (Fsp3) is 0.667. The van der Waals surface area contributed by atoms with Crippen molar-refractivity contribution in [2.24, 2.45) is 5.16 Å². The van der Waals surface area contributed by atoms with Crippen LogP contribution in [0, 0.1) is 0 Å². The van der Waals surface area contributed by atoms with Crippen molar-refractivity contribution in [3.8, 4) is 0 Å². The van der Waals surface area contributed by atoms with Crippen molar-refractivity contribution in [1.29, 1.82) is 0 Å². The molecule has 2 heteroatoms. The molecule has 0 heterocycles. The Labute approximate surface area is 32.1 Å². The van der Waals surface area contributed by atoms with Gasteiger partial charge in [-0.05, 0) is 6.92 Å². The van der Waals surface area contributed by atoms with E-state index in [-0.39, 0.29) is 7.43 Å². The van der Waals surface area contributed by atoms with Crippen LogP contribution in [0.4, 0.5) is 0 Å². The molecule has 0 aromatic heterocycles. The monoisotopic (exact) mass is 75.1 g/mol. The lowest BCUT2D eigenvalue weighted by molar-refractivity contribution is 0.321. The Morgan fingerprint density at radius 3 is 2.00 bits per heavy atom. The highest BCUT2D eigenvalue weighted by Crippen LogP contribution is 1.38. The third-order valence-electron chi connectivity index (χ3n) is 0.115. The van der Waals surface area contributed by atoms with Gasteiger partial charge in [0.05, 0.1) is 0 Å². The third kappa shape index (κ3) is 33.9. The van der Waals surface area contributed by atoms with Crippen LogP contribution in [0.15, 0.2) is 5.16 Å². The zero-order chi connectivity index (χ0) is 3.41. The maximum absolute atomic E-state index is 7.44. The number of hydrogen-bond donors (Lipinski definition) is 1. The van der Waals surface area contributed by atoms with E-state index in [1.807, 2.05) is 0 Å². The zero-order valence-electron chi connectivity index (χ0n) is 2.47. The van der Waals surface area contributed by atoms with Crippen LogP contribution in [0.1, 0.15) is 14.4 Å². The SMILES string of the molecule is C.CC=NO. The van der Waals surface area contributed by atoms with Crippen LogP contribution in [-0.2, 0) is 0 Å². The molecule has 0 unspecified atom stereocenters. The van der Waals surface area contributed by atoms with Crippen LogP contribution in [0.2, 0.25) is 0 Å². The first-order valence-corrected chi connectivity index (χ1v) is 1.04. The van der Waals surface area contributed by atoms with Gasteiger partial charge in [-0.3, -0.25) is 0 Å². The maximum Gasteiger partial charge on any atom is 0.0404 e. The molecule has 0 aliphatic rings.